The van der Waals surface area contributed by atoms with Gasteiger partial charge in [0, 0.05) is 6.42 Å². The Morgan fingerprint density at radius 3 is 2.69 bits per heavy atom. The second kappa shape index (κ2) is 5.49. The third-order valence-electron chi connectivity index (χ3n) is 1.99. The Morgan fingerprint density at radius 1 is 1.50 bits per heavy atom. The molecule has 0 saturated heterocycles. The zero-order chi connectivity index (χ0) is 12.1. The molecule has 0 saturated carbocycles. The zero-order valence-corrected chi connectivity index (χ0v) is 9.37. The molecule has 1 N–H and O–H groups in total. The van der Waals surface area contributed by atoms with Crippen LogP contribution in [0.25, 0.3) is 0 Å². The molecule has 1 rings (SSSR count). The molecule has 0 atom stereocenters. The molecular weight excluding hydrogens is 211 g/mol. The van der Waals surface area contributed by atoms with Gasteiger partial charge in [-0.2, -0.15) is 0 Å². The molecule has 0 spiro atoms. The van der Waals surface area contributed by atoms with Gasteiger partial charge in [-0.05, 0) is 38.0 Å². The van der Waals surface area contributed by atoms with Gasteiger partial charge in [0.2, 0.25) is 0 Å². The van der Waals surface area contributed by atoms with Crippen molar-refractivity contribution in [3.63, 3.8) is 0 Å². The highest BCUT2D eigenvalue weighted by molar-refractivity contribution is 5.67. The van der Waals surface area contributed by atoms with E-state index in [1.807, 2.05) is 13.8 Å². The fourth-order valence-corrected chi connectivity index (χ4v) is 1.30. The van der Waals surface area contributed by atoms with Crippen LogP contribution in [0.3, 0.4) is 0 Å². The predicted octanol–water partition coefficient (Wildman–Crippen LogP) is 2.63. The molecule has 1 aromatic rings. The van der Waals surface area contributed by atoms with Gasteiger partial charge < -0.3 is 9.84 Å². The number of carboxylic acids is 1. The van der Waals surface area contributed by atoms with Gasteiger partial charge in [0.1, 0.15) is 0 Å². The average Bonchev–Trinajstić information content (AvgIpc) is 2.18. The van der Waals surface area contributed by atoms with E-state index in [-0.39, 0.29) is 18.3 Å². The van der Waals surface area contributed by atoms with Crippen LogP contribution in [-0.4, -0.2) is 17.2 Å². The van der Waals surface area contributed by atoms with E-state index in [9.17, 15) is 9.18 Å². The highest BCUT2D eigenvalue weighted by atomic mass is 19.1. The zero-order valence-electron chi connectivity index (χ0n) is 9.37. The van der Waals surface area contributed by atoms with E-state index in [1.165, 1.54) is 12.1 Å². The molecule has 0 aliphatic heterocycles. The van der Waals surface area contributed by atoms with Gasteiger partial charge >= 0.3 is 5.97 Å². The molecule has 16 heavy (non-hydrogen) atoms. The van der Waals surface area contributed by atoms with Crippen LogP contribution in [0.4, 0.5) is 4.39 Å². The normalized spacial score (nSPS) is 10.5. The molecular formula is C12H15FO3. The number of halogens is 1. The summed E-state index contributed by atoms with van der Waals surface area (Å²) < 4.78 is 18.7. The van der Waals surface area contributed by atoms with E-state index >= 15 is 0 Å². The maximum atomic E-state index is 13.5. The number of ether oxygens (including phenoxy) is 1. The number of aliphatic carboxylic acids is 1. The molecule has 88 valence electrons. The summed E-state index contributed by atoms with van der Waals surface area (Å²) >= 11 is 0. The first-order valence-electron chi connectivity index (χ1n) is 5.16. The fourth-order valence-electron chi connectivity index (χ4n) is 1.30. The maximum Gasteiger partial charge on any atom is 0.303 e. The van der Waals surface area contributed by atoms with Crippen LogP contribution in [-0.2, 0) is 11.2 Å². The second-order valence-corrected chi connectivity index (χ2v) is 3.83. The third kappa shape index (κ3) is 3.88. The van der Waals surface area contributed by atoms with E-state index in [0.717, 1.165) is 0 Å². The Morgan fingerprint density at radius 2 is 2.19 bits per heavy atom. The fraction of sp³-hybridized carbons (Fsp3) is 0.417. The van der Waals surface area contributed by atoms with Crippen LogP contribution in [0.15, 0.2) is 18.2 Å². The van der Waals surface area contributed by atoms with Gasteiger partial charge in [0.05, 0.1) is 6.10 Å². The van der Waals surface area contributed by atoms with Crippen molar-refractivity contribution in [3.8, 4) is 5.75 Å². The first kappa shape index (κ1) is 12.5. The number of aryl methyl sites for hydroxylation is 1. The maximum absolute atomic E-state index is 13.5. The molecule has 0 aromatic heterocycles. The van der Waals surface area contributed by atoms with Crippen LogP contribution in [0.5, 0.6) is 5.75 Å². The minimum Gasteiger partial charge on any atom is -0.488 e. The summed E-state index contributed by atoms with van der Waals surface area (Å²) in [6, 6.07) is 4.54. The smallest absolute Gasteiger partial charge is 0.303 e. The van der Waals surface area contributed by atoms with Crippen LogP contribution in [0.2, 0.25) is 0 Å². The Hall–Kier alpha value is -1.58. The summed E-state index contributed by atoms with van der Waals surface area (Å²) in [5.41, 5.74) is 0.663. The number of rotatable bonds is 5. The van der Waals surface area contributed by atoms with Crippen LogP contribution in [0, 0.1) is 5.82 Å². The highest BCUT2D eigenvalue weighted by Crippen LogP contribution is 2.20. The molecule has 0 bridgehead atoms. The molecule has 0 unspecified atom stereocenters. The number of hydrogen-bond acceptors (Lipinski definition) is 2. The Balaban J connectivity index is 2.70. The summed E-state index contributed by atoms with van der Waals surface area (Å²) in [4.78, 5) is 10.4. The first-order valence-corrected chi connectivity index (χ1v) is 5.16. The third-order valence-corrected chi connectivity index (χ3v) is 1.99. The molecule has 0 fully saturated rings. The minimum absolute atomic E-state index is 0.00379. The summed E-state index contributed by atoms with van der Waals surface area (Å²) in [6.07, 6.45) is 0.247. The first-order chi connectivity index (χ1) is 7.49. The Bertz CT molecular complexity index is 375. The molecule has 1 aromatic carbocycles. The van der Waals surface area contributed by atoms with Crippen molar-refractivity contribution in [2.75, 3.05) is 0 Å². The van der Waals surface area contributed by atoms with Crippen LogP contribution in [0.1, 0.15) is 25.8 Å². The van der Waals surface area contributed by atoms with Crippen molar-refractivity contribution in [1.29, 1.82) is 0 Å². The van der Waals surface area contributed by atoms with E-state index in [4.69, 9.17) is 9.84 Å². The number of benzene rings is 1. The predicted molar refractivity (Wildman–Crippen MR) is 58.1 cm³/mol. The minimum atomic E-state index is -0.886. The molecule has 0 radical (unpaired) electrons. The van der Waals surface area contributed by atoms with Gasteiger partial charge in [0.25, 0.3) is 0 Å². The molecule has 0 heterocycles. The topological polar surface area (TPSA) is 46.5 Å². The van der Waals surface area contributed by atoms with Crippen molar-refractivity contribution in [2.45, 2.75) is 32.8 Å². The van der Waals surface area contributed by atoms with E-state index < -0.39 is 11.8 Å². The lowest BCUT2D eigenvalue weighted by Gasteiger charge is -2.11. The van der Waals surface area contributed by atoms with E-state index in [0.29, 0.717) is 12.0 Å². The number of carboxylic acid groups (broad SMARTS) is 1. The molecule has 0 aliphatic rings. The van der Waals surface area contributed by atoms with Crippen molar-refractivity contribution in [1.82, 2.24) is 0 Å². The van der Waals surface area contributed by atoms with E-state index in [2.05, 4.69) is 0 Å². The SMILES string of the molecule is CC(C)Oc1ccc(CCC(=O)O)cc1F. The number of hydrogen-bond donors (Lipinski definition) is 1. The summed E-state index contributed by atoms with van der Waals surface area (Å²) in [6.45, 7) is 3.63. The summed E-state index contributed by atoms with van der Waals surface area (Å²) in [5, 5.41) is 8.50. The van der Waals surface area contributed by atoms with E-state index in [1.54, 1.807) is 6.07 Å². The lowest BCUT2D eigenvalue weighted by atomic mass is 10.1. The molecule has 3 nitrogen and oxygen atoms in total. The Kier molecular flexibility index (Phi) is 4.28. The summed E-state index contributed by atoms with van der Waals surface area (Å²) in [7, 11) is 0. The van der Waals surface area contributed by atoms with Crippen LogP contribution >= 0.6 is 0 Å². The lowest BCUT2D eigenvalue weighted by molar-refractivity contribution is -0.136. The highest BCUT2D eigenvalue weighted by Gasteiger charge is 2.07. The average molecular weight is 226 g/mol. The van der Waals surface area contributed by atoms with Crippen LogP contribution < -0.4 is 4.74 Å². The van der Waals surface area contributed by atoms with Gasteiger partial charge in [0.15, 0.2) is 11.6 Å². The molecule has 0 aliphatic carbocycles. The van der Waals surface area contributed by atoms with Gasteiger partial charge in [-0.25, -0.2) is 4.39 Å². The van der Waals surface area contributed by atoms with Crippen molar-refractivity contribution in [3.05, 3.63) is 29.6 Å². The Labute approximate surface area is 93.9 Å². The van der Waals surface area contributed by atoms with Crippen molar-refractivity contribution in [2.24, 2.45) is 0 Å². The van der Waals surface area contributed by atoms with Crippen molar-refractivity contribution >= 4 is 5.97 Å². The van der Waals surface area contributed by atoms with Gasteiger partial charge in [-0.1, -0.05) is 6.07 Å². The second-order valence-electron chi connectivity index (χ2n) is 3.83. The van der Waals surface area contributed by atoms with Gasteiger partial charge in [-0.3, -0.25) is 4.79 Å². The largest absolute Gasteiger partial charge is 0.488 e. The van der Waals surface area contributed by atoms with Crippen molar-refractivity contribution < 1.29 is 19.0 Å². The van der Waals surface area contributed by atoms with Gasteiger partial charge in [-0.15, -0.1) is 0 Å². The molecule has 0 amide bonds. The standard InChI is InChI=1S/C12H15FO3/c1-8(2)16-11-5-3-9(7-10(11)13)4-6-12(14)15/h3,5,7-8H,4,6H2,1-2H3,(H,14,15). The lowest BCUT2D eigenvalue weighted by Crippen LogP contribution is -2.07. The quantitative estimate of drug-likeness (QED) is 0.839. The molecule has 4 heteroatoms. The number of carbonyl (C=O) groups is 1. The monoisotopic (exact) mass is 226 g/mol. The summed E-state index contributed by atoms with van der Waals surface area (Å²) in [5.74, 6) is -1.13.